The van der Waals surface area contributed by atoms with Crippen LogP contribution in [-0.4, -0.2) is 31.5 Å². The minimum atomic E-state index is 0. The second-order valence-corrected chi connectivity index (χ2v) is 6.50. The zero-order valence-corrected chi connectivity index (χ0v) is 15.0. The van der Waals surface area contributed by atoms with Gasteiger partial charge in [0.05, 0.1) is 7.11 Å². The van der Waals surface area contributed by atoms with Crippen LogP contribution in [-0.2, 0) is 11.3 Å². The average Bonchev–Trinajstić information content (AvgIpc) is 2.56. The van der Waals surface area contributed by atoms with Crippen molar-refractivity contribution in [3.8, 4) is 5.75 Å². The van der Waals surface area contributed by atoms with Crippen molar-refractivity contribution in [2.45, 2.75) is 45.1 Å². The molecule has 0 heterocycles. The lowest BCUT2D eigenvalue weighted by Crippen LogP contribution is -2.39. The van der Waals surface area contributed by atoms with Gasteiger partial charge in [0.25, 0.3) is 0 Å². The van der Waals surface area contributed by atoms with Gasteiger partial charge >= 0.3 is 0 Å². The van der Waals surface area contributed by atoms with Crippen molar-refractivity contribution in [3.05, 3.63) is 29.8 Å². The Morgan fingerprint density at radius 2 is 1.91 bits per heavy atom. The minimum Gasteiger partial charge on any atom is -0.496 e. The summed E-state index contributed by atoms with van der Waals surface area (Å²) in [6, 6.07) is 7.84. The normalized spacial score (nSPS) is 16.3. The smallest absolute Gasteiger partial charge is 0.223 e. The van der Waals surface area contributed by atoms with Gasteiger partial charge < -0.3 is 15.4 Å². The molecule has 1 aliphatic rings. The van der Waals surface area contributed by atoms with E-state index >= 15 is 0 Å². The third-order valence-corrected chi connectivity index (χ3v) is 4.90. The first kappa shape index (κ1) is 19.8. The van der Waals surface area contributed by atoms with Gasteiger partial charge in [-0.2, -0.15) is 0 Å². The van der Waals surface area contributed by atoms with E-state index in [1.54, 1.807) is 12.0 Å². The molecular weight excluding hydrogens is 312 g/mol. The third kappa shape index (κ3) is 5.11. The number of rotatable bonds is 6. The number of carbonyl (C=O) groups is 1. The summed E-state index contributed by atoms with van der Waals surface area (Å²) in [5, 5.41) is 0. The molecule has 4 nitrogen and oxygen atoms in total. The largest absolute Gasteiger partial charge is 0.496 e. The van der Waals surface area contributed by atoms with Crippen molar-refractivity contribution in [1.29, 1.82) is 0 Å². The van der Waals surface area contributed by atoms with Gasteiger partial charge in [-0.3, -0.25) is 4.79 Å². The van der Waals surface area contributed by atoms with Crippen LogP contribution in [0.5, 0.6) is 5.75 Å². The summed E-state index contributed by atoms with van der Waals surface area (Å²) < 4.78 is 5.36. The Morgan fingerprint density at radius 1 is 1.26 bits per heavy atom. The molecular formula is C18H29ClN2O2. The molecule has 23 heavy (non-hydrogen) atoms. The number of para-hydroxylation sites is 1. The molecule has 0 saturated heterocycles. The van der Waals surface area contributed by atoms with Crippen molar-refractivity contribution in [2.75, 3.05) is 20.7 Å². The number of nitrogens with zero attached hydrogens (tertiary/aromatic N) is 1. The molecule has 1 saturated carbocycles. The topological polar surface area (TPSA) is 55.6 Å². The summed E-state index contributed by atoms with van der Waals surface area (Å²) >= 11 is 0. The van der Waals surface area contributed by atoms with Crippen LogP contribution in [0.15, 0.2) is 24.3 Å². The number of nitrogens with two attached hydrogens (primary N) is 1. The quantitative estimate of drug-likeness (QED) is 0.863. The highest BCUT2D eigenvalue weighted by molar-refractivity contribution is 5.85. The fourth-order valence-corrected chi connectivity index (χ4v) is 3.39. The van der Waals surface area contributed by atoms with E-state index in [4.69, 9.17) is 10.5 Å². The van der Waals surface area contributed by atoms with Gasteiger partial charge in [-0.1, -0.05) is 37.5 Å². The van der Waals surface area contributed by atoms with E-state index in [-0.39, 0.29) is 23.7 Å². The number of carbonyl (C=O) groups excluding carboxylic acids is 1. The second-order valence-electron chi connectivity index (χ2n) is 6.50. The van der Waals surface area contributed by atoms with Crippen LogP contribution in [0.3, 0.4) is 0 Å². The van der Waals surface area contributed by atoms with E-state index in [1.165, 1.54) is 19.3 Å². The summed E-state index contributed by atoms with van der Waals surface area (Å²) in [6.07, 6.45) is 6.39. The lowest BCUT2D eigenvalue weighted by atomic mass is 9.71. The van der Waals surface area contributed by atoms with Gasteiger partial charge in [0.2, 0.25) is 5.91 Å². The first-order valence-electron chi connectivity index (χ1n) is 8.16. The van der Waals surface area contributed by atoms with E-state index in [9.17, 15) is 4.79 Å². The Balaban J connectivity index is 0.00000264. The van der Waals surface area contributed by atoms with Crippen LogP contribution in [0.1, 0.15) is 44.1 Å². The molecule has 0 aromatic heterocycles. The minimum absolute atomic E-state index is 0. The number of benzene rings is 1. The lowest BCUT2D eigenvalue weighted by Gasteiger charge is -2.36. The maximum atomic E-state index is 12.6. The molecule has 0 radical (unpaired) electrons. The van der Waals surface area contributed by atoms with Crippen molar-refractivity contribution in [1.82, 2.24) is 4.90 Å². The Morgan fingerprint density at radius 3 is 2.52 bits per heavy atom. The van der Waals surface area contributed by atoms with Gasteiger partial charge in [-0.05, 0) is 30.9 Å². The standard InChI is InChI=1S/C18H28N2O2.ClH/c1-20(13-15-8-4-5-9-16(15)22-2)17(21)12-18(14-19)10-6-3-7-11-18;/h4-5,8-9H,3,6-7,10-14,19H2,1-2H3;1H. The van der Waals surface area contributed by atoms with Crippen LogP contribution in [0.25, 0.3) is 0 Å². The van der Waals surface area contributed by atoms with E-state index in [2.05, 4.69) is 0 Å². The van der Waals surface area contributed by atoms with Crippen molar-refractivity contribution in [2.24, 2.45) is 11.1 Å². The number of halogens is 1. The Bertz CT molecular complexity index is 502. The fourth-order valence-electron chi connectivity index (χ4n) is 3.39. The van der Waals surface area contributed by atoms with Crippen molar-refractivity contribution in [3.63, 3.8) is 0 Å². The van der Waals surface area contributed by atoms with Crippen LogP contribution in [0.2, 0.25) is 0 Å². The highest BCUT2D eigenvalue weighted by atomic mass is 35.5. The molecule has 0 spiro atoms. The van der Waals surface area contributed by atoms with Crippen LogP contribution < -0.4 is 10.5 Å². The molecule has 2 rings (SSSR count). The lowest BCUT2D eigenvalue weighted by molar-refractivity contribution is -0.133. The first-order valence-corrected chi connectivity index (χ1v) is 8.16. The van der Waals surface area contributed by atoms with Crippen LogP contribution in [0.4, 0.5) is 0 Å². The summed E-state index contributed by atoms with van der Waals surface area (Å²) in [6.45, 7) is 1.19. The highest BCUT2D eigenvalue weighted by Crippen LogP contribution is 2.38. The van der Waals surface area contributed by atoms with Crippen LogP contribution in [0, 0.1) is 5.41 Å². The summed E-state index contributed by atoms with van der Waals surface area (Å²) in [5.41, 5.74) is 7.05. The molecule has 1 aromatic carbocycles. The van der Waals surface area contributed by atoms with E-state index < -0.39 is 0 Å². The summed E-state index contributed by atoms with van der Waals surface area (Å²) in [5.74, 6) is 1.01. The molecule has 0 aliphatic heterocycles. The first-order chi connectivity index (χ1) is 10.6. The monoisotopic (exact) mass is 340 g/mol. The third-order valence-electron chi connectivity index (χ3n) is 4.90. The van der Waals surface area contributed by atoms with Gasteiger partial charge in [0, 0.05) is 25.6 Å². The average molecular weight is 341 g/mol. The van der Waals surface area contributed by atoms with Gasteiger partial charge in [-0.25, -0.2) is 0 Å². The molecule has 2 N–H and O–H groups in total. The van der Waals surface area contributed by atoms with Crippen molar-refractivity contribution >= 4 is 18.3 Å². The predicted octanol–water partition coefficient (Wildman–Crippen LogP) is 3.37. The Kier molecular flexibility index (Phi) is 7.86. The Labute approximate surface area is 145 Å². The SMILES string of the molecule is COc1ccccc1CN(C)C(=O)CC1(CN)CCCCC1.Cl. The fraction of sp³-hybridized carbons (Fsp3) is 0.611. The van der Waals surface area contributed by atoms with Crippen molar-refractivity contribution < 1.29 is 9.53 Å². The van der Waals surface area contributed by atoms with Crippen LogP contribution >= 0.6 is 12.4 Å². The molecule has 0 atom stereocenters. The number of hydrogen-bond acceptors (Lipinski definition) is 3. The number of methoxy groups -OCH3 is 1. The predicted molar refractivity (Wildman–Crippen MR) is 95.9 cm³/mol. The van der Waals surface area contributed by atoms with E-state index in [0.29, 0.717) is 19.5 Å². The molecule has 130 valence electrons. The zero-order valence-electron chi connectivity index (χ0n) is 14.2. The maximum absolute atomic E-state index is 12.6. The molecule has 1 aromatic rings. The summed E-state index contributed by atoms with van der Waals surface area (Å²) in [7, 11) is 3.52. The Hall–Kier alpha value is -1.26. The molecule has 1 aliphatic carbocycles. The number of ether oxygens (including phenoxy) is 1. The van der Waals surface area contributed by atoms with Gasteiger partial charge in [0.1, 0.15) is 5.75 Å². The molecule has 5 heteroatoms. The second kappa shape index (κ2) is 9.14. The van der Waals surface area contributed by atoms with Gasteiger partial charge in [0.15, 0.2) is 0 Å². The molecule has 1 fully saturated rings. The van der Waals surface area contributed by atoms with E-state index in [0.717, 1.165) is 24.2 Å². The van der Waals surface area contributed by atoms with E-state index in [1.807, 2.05) is 31.3 Å². The number of amides is 1. The number of hydrogen-bond donors (Lipinski definition) is 1. The highest BCUT2D eigenvalue weighted by Gasteiger charge is 2.33. The molecule has 1 amide bonds. The molecule has 0 bridgehead atoms. The molecule has 0 unspecified atom stereocenters. The zero-order chi connectivity index (χ0) is 16.0. The maximum Gasteiger partial charge on any atom is 0.223 e. The summed E-state index contributed by atoms with van der Waals surface area (Å²) in [4.78, 5) is 14.4. The van der Waals surface area contributed by atoms with Gasteiger partial charge in [-0.15, -0.1) is 12.4 Å².